The van der Waals surface area contributed by atoms with Crippen molar-refractivity contribution in [3.05, 3.63) is 0 Å². The van der Waals surface area contributed by atoms with E-state index in [1.165, 1.54) is 38.9 Å². The number of hydrogen-bond donors (Lipinski definition) is 2. The molecule has 0 saturated carbocycles. The van der Waals surface area contributed by atoms with Crippen LogP contribution >= 0.6 is 0 Å². The van der Waals surface area contributed by atoms with Crippen LogP contribution in [0.2, 0.25) is 0 Å². The van der Waals surface area contributed by atoms with Crippen LogP contribution in [0, 0.1) is 0 Å². The molecule has 0 amide bonds. The van der Waals surface area contributed by atoms with Gasteiger partial charge in [-0.25, -0.2) is 0 Å². The van der Waals surface area contributed by atoms with Crippen molar-refractivity contribution in [1.82, 2.24) is 10.2 Å². The van der Waals surface area contributed by atoms with E-state index >= 15 is 0 Å². The minimum absolute atomic E-state index is 0.245. The molecule has 84 valence electrons. The highest BCUT2D eigenvalue weighted by Crippen LogP contribution is 2.10. The molecule has 1 fully saturated rings. The Kier molecular flexibility index (Phi) is 5.45. The molecule has 0 bridgehead atoms. The summed E-state index contributed by atoms with van der Waals surface area (Å²) < 4.78 is 0. The molecule has 0 aromatic heterocycles. The number of hydrogen-bond acceptors (Lipinski definition) is 3. The Morgan fingerprint density at radius 3 is 2.57 bits per heavy atom. The van der Waals surface area contributed by atoms with Gasteiger partial charge < -0.3 is 15.3 Å². The molecule has 0 radical (unpaired) electrons. The summed E-state index contributed by atoms with van der Waals surface area (Å²) in [6.45, 7) is 8.18. The second-order valence-electron chi connectivity index (χ2n) is 4.37. The van der Waals surface area contributed by atoms with Crippen molar-refractivity contribution in [2.45, 2.75) is 45.2 Å². The lowest BCUT2D eigenvalue weighted by Crippen LogP contribution is -2.46. The van der Waals surface area contributed by atoms with Crippen molar-refractivity contribution in [2.24, 2.45) is 0 Å². The Labute approximate surface area is 87.5 Å². The van der Waals surface area contributed by atoms with Crippen LogP contribution in [-0.4, -0.2) is 48.3 Å². The van der Waals surface area contributed by atoms with E-state index in [2.05, 4.69) is 17.1 Å². The smallest absolute Gasteiger partial charge is 0.0582 e. The Hall–Kier alpha value is -0.120. The average Bonchev–Trinajstić information content (AvgIpc) is 2.21. The van der Waals surface area contributed by atoms with Gasteiger partial charge in [-0.05, 0) is 45.8 Å². The first kappa shape index (κ1) is 12.0. The first-order valence-corrected chi connectivity index (χ1v) is 5.85. The average molecular weight is 200 g/mol. The van der Waals surface area contributed by atoms with Gasteiger partial charge in [0, 0.05) is 12.1 Å². The van der Waals surface area contributed by atoms with Crippen LogP contribution in [0.15, 0.2) is 0 Å². The summed E-state index contributed by atoms with van der Waals surface area (Å²) in [6, 6.07) is 0.864. The lowest BCUT2D eigenvalue weighted by molar-refractivity contribution is 0.176. The first-order valence-electron chi connectivity index (χ1n) is 5.85. The van der Waals surface area contributed by atoms with Gasteiger partial charge in [0.1, 0.15) is 0 Å². The number of likely N-dealkylation sites (tertiary alicyclic amines) is 1. The Balaban J connectivity index is 2.15. The molecule has 1 rings (SSSR count). The maximum atomic E-state index is 8.93. The topological polar surface area (TPSA) is 35.5 Å². The van der Waals surface area contributed by atoms with Crippen LogP contribution in [0.5, 0.6) is 0 Å². The molecular weight excluding hydrogens is 176 g/mol. The van der Waals surface area contributed by atoms with E-state index in [1.807, 2.05) is 6.92 Å². The second kappa shape index (κ2) is 6.38. The van der Waals surface area contributed by atoms with Gasteiger partial charge in [0.05, 0.1) is 6.61 Å². The molecule has 14 heavy (non-hydrogen) atoms. The van der Waals surface area contributed by atoms with E-state index in [0.29, 0.717) is 6.04 Å². The minimum Gasteiger partial charge on any atom is -0.395 e. The molecular formula is C11H24N2O. The molecule has 1 atom stereocenters. The van der Waals surface area contributed by atoms with Crippen LogP contribution in [0.1, 0.15) is 33.1 Å². The Bertz CT molecular complexity index is 144. The number of piperidine rings is 1. The molecule has 1 saturated heterocycles. The number of aliphatic hydroxyl groups is 1. The minimum atomic E-state index is 0.245. The molecule has 0 spiro atoms. The maximum absolute atomic E-state index is 8.93. The Morgan fingerprint density at radius 2 is 2.07 bits per heavy atom. The van der Waals surface area contributed by atoms with Crippen molar-refractivity contribution in [1.29, 1.82) is 0 Å². The number of nitrogens with one attached hydrogen (secondary N) is 1. The van der Waals surface area contributed by atoms with Gasteiger partial charge in [0.25, 0.3) is 0 Å². The summed E-state index contributed by atoms with van der Waals surface area (Å²) in [7, 11) is 0. The standard InChI is InChI=1S/C11H24N2O/c1-3-6-13-7-4-11(5-8-13)12-10(2)9-14/h10-12,14H,3-9H2,1-2H3/t10-/m1/s1. The summed E-state index contributed by atoms with van der Waals surface area (Å²) >= 11 is 0. The zero-order valence-corrected chi connectivity index (χ0v) is 9.50. The largest absolute Gasteiger partial charge is 0.395 e. The fraction of sp³-hybridized carbons (Fsp3) is 1.00. The second-order valence-corrected chi connectivity index (χ2v) is 4.37. The first-order chi connectivity index (χ1) is 6.76. The molecule has 0 aromatic rings. The normalized spacial score (nSPS) is 22.5. The van der Waals surface area contributed by atoms with E-state index in [-0.39, 0.29) is 12.6 Å². The van der Waals surface area contributed by atoms with Crippen LogP contribution in [0.3, 0.4) is 0 Å². The third-order valence-electron chi connectivity index (χ3n) is 2.92. The highest BCUT2D eigenvalue weighted by atomic mass is 16.3. The van der Waals surface area contributed by atoms with Gasteiger partial charge in [-0.3, -0.25) is 0 Å². The highest BCUT2D eigenvalue weighted by molar-refractivity contribution is 4.78. The highest BCUT2D eigenvalue weighted by Gasteiger charge is 2.19. The summed E-state index contributed by atoms with van der Waals surface area (Å²) in [5, 5.41) is 12.4. The van der Waals surface area contributed by atoms with Gasteiger partial charge in [0.15, 0.2) is 0 Å². The monoisotopic (exact) mass is 200 g/mol. The van der Waals surface area contributed by atoms with Crippen molar-refractivity contribution in [3.8, 4) is 0 Å². The third kappa shape index (κ3) is 3.95. The number of nitrogens with zero attached hydrogens (tertiary/aromatic N) is 1. The van der Waals surface area contributed by atoms with Crippen LogP contribution in [0.4, 0.5) is 0 Å². The number of rotatable bonds is 5. The molecule has 0 aromatic carbocycles. The molecule has 0 aliphatic carbocycles. The summed E-state index contributed by atoms with van der Waals surface area (Å²) in [5.41, 5.74) is 0. The SMILES string of the molecule is CCCN1CCC(N[C@H](C)CO)CC1. The molecule has 1 aliphatic heterocycles. The van der Waals surface area contributed by atoms with Crippen LogP contribution < -0.4 is 5.32 Å². The number of aliphatic hydroxyl groups excluding tert-OH is 1. The molecule has 1 heterocycles. The van der Waals surface area contributed by atoms with E-state index in [1.54, 1.807) is 0 Å². The van der Waals surface area contributed by atoms with Gasteiger partial charge in [-0.1, -0.05) is 6.92 Å². The summed E-state index contributed by atoms with van der Waals surface area (Å²) in [5.74, 6) is 0. The van der Waals surface area contributed by atoms with Crippen molar-refractivity contribution in [2.75, 3.05) is 26.2 Å². The van der Waals surface area contributed by atoms with E-state index in [0.717, 1.165) is 0 Å². The van der Waals surface area contributed by atoms with Gasteiger partial charge in [-0.2, -0.15) is 0 Å². The van der Waals surface area contributed by atoms with Gasteiger partial charge in [0.2, 0.25) is 0 Å². The van der Waals surface area contributed by atoms with Crippen molar-refractivity contribution < 1.29 is 5.11 Å². The molecule has 3 heteroatoms. The zero-order valence-electron chi connectivity index (χ0n) is 9.50. The van der Waals surface area contributed by atoms with E-state index in [9.17, 15) is 0 Å². The molecule has 3 nitrogen and oxygen atoms in total. The fourth-order valence-electron chi connectivity index (χ4n) is 2.09. The van der Waals surface area contributed by atoms with Gasteiger partial charge in [-0.15, -0.1) is 0 Å². The zero-order chi connectivity index (χ0) is 10.4. The molecule has 0 unspecified atom stereocenters. The maximum Gasteiger partial charge on any atom is 0.0582 e. The van der Waals surface area contributed by atoms with E-state index < -0.39 is 0 Å². The third-order valence-corrected chi connectivity index (χ3v) is 2.92. The lowest BCUT2D eigenvalue weighted by Gasteiger charge is -2.33. The predicted molar refractivity (Wildman–Crippen MR) is 59.4 cm³/mol. The quantitative estimate of drug-likeness (QED) is 0.690. The molecule has 2 N–H and O–H groups in total. The van der Waals surface area contributed by atoms with Crippen molar-refractivity contribution >= 4 is 0 Å². The lowest BCUT2D eigenvalue weighted by atomic mass is 10.0. The van der Waals surface area contributed by atoms with Gasteiger partial charge >= 0.3 is 0 Å². The fourth-order valence-corrected chi connectivity index (χ4v) is 2.09. The summed E-state index contributed by atoms with van der Waals surface area (Å²) in [4.78, 5) is 2.53. The van der Waals surface area contributed by atoms with E-state index in [4.69, 9.17) is 5.11 Å². The van der Waals surface area contributed by atoms with Crippen molar-refractivity contribution in [3.63, 3.8) is 0 Å². The molecule has 1 aliphatic rings. The Morgan fingerprint density at radius 1 is 1.43 bits per heavy atom. The van der Waals surface area contributed by atoms with Crippen LogP contribution in [0.25, 0.3) is 0 Å². The summed E-state index contributed by atoms with van der Waals surface area (Å²) in [6.07, 6.45) is 3.71. The predicted octanol–water partition coefficient (Wildman–Crippen LogP) is 0.831. The van der Waals surface area contributed by atoms with Crippen LogP contribution in [-0.2, 0) is 0 Å².